The molecule has 1 saturated carbocycles. The minimum atomic E-state index is 0.178. The lowest BCUT2D eigenvalue weighted by molar-refractivity contribution is 0.183. The molecule has 1 N–H and O–H groups in total. The number of benzene rings is 1. The number of methoxy groups -OCH3 is 1. The van der Waals surface area contributed by atoms with E-state index in [9.17, 15) is 0 Å². The highest BCUT2D eigenvalue weighted by Gasteiger charge is 2.28. The minimum Gasteiger partial charge on any atom is -0.495 e. The fourth-order valence-electron chi connectivity index (χ4n) is 2.13. The van der Waals surface area contributed by atoms with Crippen molar-refractivity contribution >= 4 is 0 Å². The summed E-state index contributed by atoms with van der Waals surface area (Å²) in [5.74, 6) is 0.612. The molecule has 0 amide bonds. The molecule has 0 aromatic heterocycles. The van der Waals surface area contributed by atoms with Crippen molar-refractivity contribution < 1.29 is 9.84 Å². The third kappa shape index (κ3) is 3.00. The molecule has 0 aliphatic heterocycles. The average molecular weight is 246 g/mol. The molecular weight excluding hydrogens is 228 g/mol. The third-order valence-corrected chi connectivity index (χ3v) is 3.22. The first-order valence-electron chi connectivity index (χ1n) is 6.20. The Morgan fingerprint density at radius 3 is 2.83 bits per heavy atom. The number of hydrogen-bond acceptors (Lipinski definition) is 4. The molecule has 0 unspecified atom stereocenters. The van der Waals surface area contributed by atoms with Crippen molar-refractivity contribution in [2.24, 2.45) is 0 Å². The number of rotatable bonds is 6. The van der Waals surface area contributed by atoms with E-state index in [1.54, 1.807) is 7.11 Å². The van der Waals surface area contributed by atoms with Gasteiger partial charge >= 0.3 is 0 Å². The van der Waals surface area contributed by atoms with Crippen LogP contribution >= 0.6 is 0 Å². The van der Waals surface area contributed by atoms with E-state index in [0.717, 1.165) is 12.1 Å². The largest absolute Gasteiger partial charge is 0.495 e. The van der Waals surface area contributed by atoms with E-state index in [1.165, 1.54) is 12.8 Å². The molecule has 1 aliphatic carbocycles. The van der Waals surface area contributed by atoms with Gasteiger partial charge in [-0.15, -0.1) is 0 Å². The van der Waals surface area contributed by atoms with Crippen LogP contribution in [0.1, 0.15) is 24.0 Å². The van der Waals surface area contributed by atoms with Crippen LogP contribution in [0.3, 0.4) is 0 Å². The van der Waals surface area contributed by atoms with Gasteiger partial charge in [-0.1, -0.05) is 6.07 Å². The molecule has 1 fully saturated rings. The van der Waals surface area contributed by atoms with Crippen molar-refractivity contribution in [1.29, 1.82) is 5.26 Å². The topological polar surface area (TPSA) is 56.5 Å². The second-order valence-corrected chi connectivity index (χ2v) is 4.57. The molecule has 96 valence electrons. The Balaban J connectivity index is 2.10. The van der Waals surface area contributed by atoms with Crippen molar-refractivity contribution in [2.45, 2.75) is 25.4 Å². The van der Waals surface area contributed by atoms with E-state index in [1.807, 2.05) is 18.2 Å². The highest BCUT2D eigenvalue weighted by Crippen LogP contribution is 2.28. The summed E-state index contributed by atoms with van der Waals surface area (Å²) in [6, 6.07) is 8.42. The smallest absolute Gasteiger partial charge is 0.136 e. The highest BCUT2D eigenvalue weighted by atomic mass is 16.5. The maximum atomic E-state index is 9.06. The van der Waals surface area contributed by atoms with Crippen molar-refractivity contribution in [3.63, 3.8) is 0 Å². The van der Waals surface area contributed by atoms with Gasteiger partial charge in [0.15, 0.2) is 0 Å². The maximum Gasteiger partial charge on any atom is 0.136 e. The Labute approximate surface area is 107 Å². The molecule has 4 nitrogen and oxygen atoms in total. The van der Waals surface area contributed by atoms with Gasteiger partial charge < -0.3 is 9.84 Å². The Morgan fingerprint density at radius 1 is 1.50 bits per heavy atom. The van der Waals surface area contributed by atoms with Crippen molar-refractivity contribution in [2.75, 3.05) is 20.3 Å². The molecule has 1 aromatic rings. The number of aliphatic hydroxyl groups is 1. The van der Waals surface area contributed by atoms with E-state index in [-0.39, 0.29) is 6.61 Å². The molecule has 0 saturated heterocycles. The fourth-order valence-corrected chi connectivity index (χ4v) is 2.13. The lowest BCUT2D eigenvalue weighted by Crippen LogP contribution is -2.28. The number of nitriles is 1. The summed E-state index contributed by atoms with van der Waals surface area (Å²) in [6.07, 6.45) is 2.42. The first-order valence-corrected chi connectivity index (χ1v) is 6.20. The molecule has 0 spiro atoms. The quantitative estimate of drug-likeness (QED) is 0.827. The van der Waals surface area contributed by atoms with Gasteiger partial charge in [-0.05, 0) is 30.5 Å². The Kier molecular flexibility index (Phi) is 4.19. The summed E-state index contributed by atoms with van der Waals surface area (Å²) in [5, 5.41) is 18.1. The molecule has 0 radical (unpaired) electrons. The van der Waals surface area contributed by atoms with Crippen LogP contribution in [0.4, 0.5) is 0 Å². The van der Waals surface area contributed by atoms with Gasteiger partial charge in [0.1, 0.15) is 11.8 Å². The second kappa shape index (κ2) is 5.85. The molecule has 1 aromatic carbocycles. The summed E-state index contributed by atoms with van der Waals surface area (Å²) in [4.78, 5) is 2.27. The fraction of sp³-hybridized carbons (Fsp3) is 0.500. The molecule has 1 aliphatic rings. The summed E-state index contributed by atoms with van der Waals surface area (Å²) >= 11 is 0. The number of aliphatic hydroxyl groups excluding tert-OH is 1. The van der Waals surface area contributed by atoms with E-state index >= 15 is 0 Å². The van der Waals surface area contributed by atoms with Crippen LogP contribution in [0.5, 0.6) is 5.75 Å². The van der Waals surface area contributed by atoms with Crippen LogP contribution < -0.4 is 4.74 Å². The van der Waals surface area contributed by atoms with Crippen LogP contribution in [-0.2, 0) is 6.54 Å². The normalized spacial score (nSPS) is 14.6. The molecule has 2 rings (SSSR count). The van der Waals surface area contributed by atoms with E-state index in [4.69, 9.17) is 15.1 Å². The zero-order valence-corrected chi connectivity index (χ0v) is 10.6. The molecule has 4 heteroatoms. The van der Waals surface area contributed by atoms with E-state index < -0.39 is 0 Å². The molecule has 0 bridgehead atoms. The lowest BCUT2D eigenvalue weighted by Gasteiger charge is -2.21. The average Bonchev–Trinajstić information content (AvgIpc) is 3.22. The van der Waals surface area contributed by atoms with Gasteiger partial charge in [0.25, 0.3) is 0 Å². The highest BCUT2D eigenvalue weighted by molar-refractivity contribution is 5.45. The third-order valence-electron chi connectivity index (χ3n) is 3.22. The maximum absolute atomic E-state index is 9.06. The summed E-state index contributed by atoms with van der Waals surface area (Å²) in [7, 11) is 1.57. The van der Waals surface area contributed by atoms with Crippen molar-refractivity contribution in [1.82, 2.24) is 4.90 Å². The standard InChI is InChI=1S/C14H18N2O2/c1-18-14-5-2-11(8-12(14)9-15)10-16(6-7-17)13-3-4-13/h2,5,8,13,17H,3-4,6-7,10H2,1H3. The van der Waals surface area contributed by atoms with Crippen molar-refractivity contribution in [3.05, 3.63) is 29.3 Å². The number of hydrogen-bond donors (Lipinski definition) is 1. The Morgan fingerprint density at radius 2 is 2.28 bits per heavy atom. The van der Waals surface area contributed by atoms with E-state index in [0.29, 0.717) is 23.9 Å². The molecule has 0 atom stereocenters. The predicted molar refractivity (Wildman–Crippen MR) is 68.2 cm³/mol. The summed E-state index contributed by atoms with van der Waals surface area (Å²) < 4.78 is 5.13. The number of ether oxygens (including phenoxy) is 1. The van der Waals surface area contributed by atoms with Crippen LogP contribution in [0.2, 0.25) is 0 Å². The molecule has 18 heavy (non-hydrogen) atoms. The van der Waals surface area contributed by atoms with Crippen LogP contribution in [0.15, 0.2) is 18.2 Å². The molecule has 0 heterocycles. The minimum absolute atomic E-state index is 0.178. The summed E-state index contributed by atoms with van der Waals surface area (Å²) in [5.41, 5.74) is 1.66. The Bertz CT molecular complexity index is 450. The summed E-state index contributed by atoms with van der Waals surface area (Å²) in [6.45, 7) is 1.65. The zero-order valence-electron chi connectivity index (χ0n) is 10.6. The second-order valence-electron chi connectivity index (χ2n) is 4.57. The first-order chi connectivity index (χ1) is 8.78. The monoisotopic (exact) mass is 246 g/mol. The van der Waals surface area contributed by atoms with Crippen LogP contribution in [0.25, 0.3) is 0 Å². The number of nitrogens with zero attached hydrogens (tertiary/aromatic N) is 2. The van der Waals surface area contributed by atoms with Gasteiger partial charge in [0, 0.05) is 19.1 Å². The molecular formula is C14H18N2O2. The van der Waals surface area contributed by atoms with Crippen molar-refractivity contribution in [3.8, 4) is 11.8 Å². The van der Waals surface area contributed by atoms with Gasteiger partial charge in [0.2, 0.25) is 0 Å². The van der Waals surface area contributed by atoms with Crippen LogP contribution in [-0.4, -0.2) is 36.3 Å². The van der Waals surface area contributed by atoms with Crippen LogP contribution in [0, 0.1) is 11.3 Å². The van der Waals surface area contributed by atoms with Gasteiger partial charge in [0.05, 0.1) is 19.3 Å². The zero-order chi connectivity index (χ0) is 13.0. The first kappa shape index (κ1) is 12.9. The van der Waals surface area contributed by atoms with Gasteiger partial charge in [-0.25, -0.2) is 0 Å². The van der Waals surface area contributed by atoms with Gasteiger partial charge in [-0.2, -0.15) is 5.26 Å². The SMILES string of the molecule is COc1ccc(CN(CCO)C2CC2)cc1C#N. The lowest BCUT2D eigenvalue weighted by atomic mass is 10.1. The predicted octanol–water partition coefficient (Wildman–Crippen LogP) is 1.52. The van der Waals surface area contributed by atoms with E-state index in [2.05, 4.69) is 11.0 Å². The van der Waals surface area contributed by atoms with Gasteiger partial charge in [-0.3, -0.25) is 4.90 Å². The Hall–Kier alpha value is -1.57.